The van der Waals surface area contributed by atoms with Gasteiger partial charge in [-0.25, -0.2) is 0 Å². The zero-order chi connectivity index (χ0) is 16.4. The summed E-state index contributed by atoms with van der Waals surface area (Å²) in [6, 6.07) is 13.1. The van der Waals surface area contributed by atoms with Crippen LogP contribution in [0.2, 0.25) is 0 Å². The molecule has 0 aliphatic rings. The number of aromatic nitrogens is 2. The fourth-order valence-electron chi connectivity index (χ4n) is 1.98. The summed E-state index contributed by atoms with van der Waals surface area (Å²) in [5.41, 5.74) is 0.490. The number of alkyl halides is 3. The van der Waals surface area contributed by atoms with Crippen LogP contribution in [0.5, 0.6) is 0 Å². The minimum absolute atomic E-state index is 0.0652. The lowest BCUT2D eigenvalue weighted by atomic mass is 10.1. The van der Waals surface area contributed by atoms with Gasteiger partial charge in [-0.2, -0.15) is 23.4 Å². The summed E-state index contributed by atoms with van der Waals surface area (Å²) in [5, 5.41) is 12.5. The second-order valence-electron chi connectivity index (χ2n) is 4.69. The summed E-state index contributed by atoms with van der Waals surface area (Å²) < 4.78 is 43.3. The average molecular weight is 315 g/mol. The Morgan fingerprint density at radius 1 is 1.00 bits per heavy atom. The summed E-state index contributed by atoms with van der Waals surface area (Å²) in [4.78, 5) is 4.10. The predicted molar refractivity (Wildman–Crippen MR) is 74.9 cm³/mol. The molecular formula is C16H8F3N3O. The first kappa shape index (κ1) is 14.8. The van der Waals surface area contributed by atoms with Crippen molar-refractivity contribution in [2.24, 2.45) is 0 Å². The van der Waals surface area contributed by atoms with E-state index in [1.54, 1.807) is 24.3 Å². The second-order valence-corrected chi connectivity index (χ2v) is 4.69. The molecular weight excluding hydrogens is 307 g/mol. The molecule has 0 unspecified atom stereocenters. The van der Waals surface area contributed by atoms with Gasteiger partial charge in [-0.3, -0.25) is 0 Å². The van der Waals surface area contributed by atoms with Gasteiger partial charge in [-0.05, 0) is 36.4 Å². The van der Waals surface area contributed by atoms with E-state index in [1.165, 1.54) is 12.1 Å². The first-order valence-corrected chi connectivity index (χ1v) is 6.49. The monoisotopic (exact) mass is 315 g/mol. The van der Waals surface area contributed by atoms with Crippen molar-refractivity contribution in [1.82, 2.24) is 10.1 Å². The van der Waals surface area contributed by atoms with E-state index in [-0.39, 0.29) is 17.3 Å². The zero-order valence-electron chi connectivity index (χ0n) is 11.5. The first-order valence-electron chi connectivity index (χ1n) is 6.49. The highest BCUT2D eigenvalue weighted by Gasteiger charge is 2.30. The van der Waals surface area contributed by atoms with E-state index < -0.39 is 11.7 Å². The van der Waals surface area contributed by atoms with Crippen LogP contribution in [0.25, 0.3) is 22.8 Å². The molecule has 0 radical (unpaired) electrons. The molecule has 3 rings (SSSR count). The number of benzene rings is 2. The molecule has 0 bridgehead atoms. The SMILES string of the molecule is N#Cc1ccc(-c2nc(-c3cccc(C(F)(F)F)c3)no2)cc1. The van der Waals surface area contributed by atoms with Crippen LogP contribution in [0.1, 0.15) is 11.1 Å². The highest BCUT2D eigenvalue weighted by atomic mass is 19.4. The molecule has 3 aromatic rings. The molecule has 4 nitrogen and oxygen atoms in total. The second kappa shape index (κ2) is 5.57. The highest BCUT2D eigenvalue weighted by molar-refractivity contribution is 5.61. The third kappa shape index (κ3) is 3.06. The number of nitrogens with zero attached hydrogens (tertiary/aromatic N) is 3. The summed E-state index contributed by atoms with van der Waals surface area (Å²) in [6.07, 6.45) is -4.43. The molecule has 0 saturated heterocycles. The molecule has 0 aliphatic heterocycles. The van der Waals surface area contributed by atoms with Crippen LogP contribution < -0.4 is 0 Å². The highest BCUT2D eigenvalue weighted by Crippen LogP contribution is 2.32. The summed E-state index contributed by atoms with van der Waals surface area (Å²) >= 11 is 0. The van der Waals surface area contributed by atoms with Crippen molar-refractivity contribution in [3.8, 4) is 28.9 Å². The van der Waals surface area contributed by atoms with E-state index in [2.05, 4.69) is 10.1 Å². The molecule has 1 heterocycles. The quantitative estimate of drug-likeness (QED) is 0.707. The maximum Gasteiger partial charge on any atom is 0.416 e. The molecule has 0 saturated carbocycles. The van der Waals surface area contributed by atoms with Crippen molar-refractivity contribution in [3.05, 3.63) is 59.7 Å². The number of halogens is 3. The Balaban J connectivity index is 1.94. The Hall–Kier alpha value is -3.14. The molecule has 0 amide bonds. The third-order valence-electron chi connectivity index (χ3n) is 3.14. The third-order valence-corrected chi connectivity index (χ3v) is 3.14. The summed E-state index contributed by atoms with van der Waals surface area (Å²) in [7, 11) is 0. The van der Waals surface area contributed by atoms with Gasteiger partial charge in [0.1, 0.15) is 0 Å². The maximum absolute atomic E-state index is 12.7. The Bertz CT molecular complexity index is 877. The Morgan fingerprint density at radius 3 is 2.39 bits per heavy atom. The molecule has 0 atom stereocenters. The van der Waals surface area contributed by atoms with E-state index in [4.69, 9.17) is 9.78 Å². The van der Waals surface area contributed by atoms with Gasteiger partial charge in [0.05, 0.1) is 17.2 Å². The maximum atomic E-state index is 12.7. The van der Waals surface area contributed by atoms with Gasteiger partial charge >= 0.3 is 6.18 Å². The molecule has 7 heteroatoms. The van der Waals surface area contributed by atoms with Crippen LogP contribution >= 0.6 is 0 Å². The van der Waals surface area contributed by atoms with Gasteiger partial charge in [0.25, 0.3) is 5.89 Å². The van der Waals surface area contributed by atoms with Gasteiger partial charge in [-0.15, -0.1) is 0 Å². The van der Waals surface area contributed by atoms with Gasteiger partial charge in [0.15, 0.2) is 0 Å². The van der Waals surface area contributed by atoms with Crippen LogP contribution in [0.3, 0.4) is 0 Å². The van der Waals surface area contributed by atoms with Crippen molar-refractivity contribution in [2.45, 2.75) is 6.18 Å². The minimum atomic E-state index is -4.43. The van der Waals surface area contributed by atoms with Crippen molar-refractivity contribution >= 4 is 0 Å². The lowest BCUT2D eigenvalue weighted by molar-refractivity contribution is -0.137. The van der Waals surface area contributed by atoms with E-state index in [0.717, 1.165) is 12.1 Å². The zero-order valence-corrected chi connectivity index (χ0v) is 11.5. The van der Waals surface area contributed by atoms with E-state index >= 15 is 0 Å². The van der Waals surface area contributed by atoms with Crippen molar-refractivity contribution < 1.29 is 17.7 Å². The average Bonchev–Trinajstić information content (AvgIpc) is 3.04. The fraction of sp³-hybridized carbons (Fsp3) is 0.0625. The van der Waals surface area contributed by atoms with Crippen LogP contribution in [0.4, 0.5) is 13.2 Å². The fourth-order valence-corrected chi connectivity index (χ4v) is 1.98. The smallest absolute Gasteiger partial charge is 0.334 e. The lowest BCUT2D eigenvalue weighted by Crippen LogP contribution is -2.04. The van der Waals surface area contributed by atoms with Crippen LogP contribution in [-0.2, 0) is 6.18 Å². The minimum Gasteiger partial charge on any atom is -0.334 e. The van der Waals surface area contributed by atoms with Crippen molar-refractivity contribution in [2.75, 3.05) is 0 Å². The number of hydrogen-bond donors (Lipinski definition) is 0. The molecule has 2 aromatic carbocycles. The number of hydrogen-bond acceptors (Lipinski definition) is 4. The van der Waals surface area contributed by atoms with Gasteiger partial charge < -0.3 is 4.52 Å². The first-order chi connectivity index (χ1) is 11.0. The summed E-state index contributed by atoms with van der Waals surface area (Å²) in [6.45, 7) is 0. The summed E-state index contributed by atoms with van der Waals surface area (Å²) in [5.74, 6) is 0.234. The van der Waals surface area contributed by atoms with Gasteiger partial charge in [-0.1, -0.05) is 17.3 Å². The Morgan fingerprint density at radius 2 is 1.74 bits per heavy atom. The number of rotatable bonds is 2. The molecule has 0 aliphatic carbocycles. The lowest BCUT2D eigenvalue weighted by Gasteiger charge is -2.06. The molecule has 0 fully saturated rings. The van der Waals surface area contributed by atoms with Crippen LogP contribution in [0, 0.1) is 11.3 Å². The normalized spacial score (nSPS) is 11.2. The Kier molecular flexibility index (Phi) is 3.58. The molecule has 1 aromatic heterocycles. The van der Waals surface area contributed by atoms with Crippen LogP contribution in [0.15, 0.2) is 53.1 Å². The van der Waals surface area contributed by atoms with Crippen molar-refractivity contribution in [3.63, 3.8) is 0 Å². The molecule has 0 spiro atoms. The van der Waals surface area contributed by atoms with Gasteiger partial charge in [0.2, 0.25) is 5.82 Å². The van der Waals surface area contributed by atoms with E-state index in [9.17, 15) is 13.2 Å². The van der Waals surface area contributed by atoms with Gasteiger partial charge in [0, 0.05) is 11.1 Å². The molecule has 23 heavy (non-hydrogen) atoms. The van der Waals surface area contributed by atoms with E-state index in [0.29, 0.717) is 11.1 Å². The number of nitriles is 1. The van der Waals surface area contributed by atoms with E-state index in [1.807, 2.05) is 6.07 Å². The predicted octanol–water partition coefficient (Wildman–Crippen LogP) is 4.29. The Labute approximate surface area is 128 Å². The van der Waals surface area contributed by atoms with Crippen molar-refractivity contribution in [1.29, 1.82) is 5.26 Å². The topological polar surface area (TPSA) is 62.7 Å². The van der Waals surface area contributed by atoms with Crippen LogP contribution in [-0.4, -0.2) is 10.1 Å². The molecule has 0 N–H and O–H groups in total. The molecule has 114 valence electrons. The largest absolute Gasteiger partial charge is 0.416 e. The standard InChI is InChI=1S/C16H8F3N3O/c17-16(18,19)13-3-1-2-12(8-13)14-21-15(23-22-14)11-6-4-10(9-20)5-7-11/h1-8H.